The standard InChI is InChI=1S/C6H8N4S/c7-3-5(8)4-11-6-9-1-2-10-6/h1-2,5H,4,8H2,(H,9,10). The van der Waals surface area contributed by atoms with Crippen LogP contribution in [0, 0.1) is 11.3 Å². The quantitative estimate of drug-likeness (QED) is 0.638. The summed E-state index contributed by atoms with van der Waals surface area (Å²) in [4.78, 5) is 6.87. The van der Waals surface area contributed by atoms with Crippen molar-refractivity contribution in [3.8, 4) is 6.07 Å². The van der Waals surface area contributed by atoms with Crippen molar-refractivity contribution in [2.24, 2.45) is 5.73 Å². The third-order valence-corrected chi connectivity index (χ3v) is 2.06. The zero-order chi connectivity index (χ0) is 8.10. The van der Waals surface area contributed by atoms with E-state index in [9.17, 15) is 0 Å². The van der Waals surface area contributed by atoms with Crippen LogP contribution in [-0.2, 0) is 0 Å². The van der Waals surface area contributed by atoms with Crippen molar-refractivity contribution < 1.29 is 0 Å². The first-order valence-electron chi connectivity index (χ1n) is 3.10. The van der Waals surface area contributed by atoms with Gasteiger partial charge in [-0.3, -0.25) is 0 Å². The molecule has 0 radical (unpaired) electrons. The van der Waals surface area contributed by atoms with Gasteiger partial charge in [0.1, 0.15) is 6.04 Å². The topological polar surface area (TPSA) is 78.5 Å². The Kier molecular flexibility index (Phi) is 2.95. The smallest absolute Gasteiger partial charge is 0.165 e. The van der Waals surface area contributed by atoms with Crippen molar-refractivity contribution in [1.82, 2.24) is 9.97 Å². The Labute approximate surface area is 68.8 Å². The Morgan fingerprint density at radius 2 is 2.73 bits per heavy atom. The second-order valence-electron chi connectivity index (χ2n) is 1.94. The number of nitrogens with two attached hydrogens (primary N) is 1. The van der Waals surface area contributed by atoms with Crippen LogP contribution in [0.3, 0.4) is 0 Å². The Hall–Kier alpha value is -0.990. The molecule has 1 aromatic heterocycles. The van der Waals surface area contributed by atoms with Crippen LogP contribution in [0.5, 0.6) is 0 Å². The molecule has 11 heavy (non-hydrogen) atoms. The molecular formula is C6H8N4S. The van der Waals surface area contributed by atoms with Gasteiger partial charge in [-0.05, 0) is 0 Å². The van der Waals surface area contributed by atoms with Gasteiger partial charge in [-0.15, -0.1) is 0 Å². The maximum atomic E-state index is 8.34. The number of aromatic amines is 1. The van der Waals surface area contributed by atoms with Gasteiger partial charge in [-0.1, -0.05) is 11.8 Å². The summed E-state index contributed by atoms with van der Waals surface area (Å²) in [5.41, 5.74) is 5.37. The van der Waals surface area contributed by atoms with E-state index in [0.717, 1.165) is 5.16 Å². The number of thioether (sulfide) groups is 1. The fraction of sp³-hybridized carbons (Fsp3) is 0.333. The largest absolute Gasteiger partial charge is 0.340 e. The third-order valence-electron chi connectivity index (χ3n) is 1.04. The molecule has 58 valence electrons. The minimum atomic E-state index is -0.412. The van der Waals surface area contributed by atoms with Crippen LogP contribution in [-0.4, -0.2) is 21.8 Å². The number of hydrogen-bond acceptors (Lipinski definition) is 4. The molecule has 4 nitrogen and oxygen atoms in total. The van der Waals surface area contributed by atoms with Crippen molar-refractivity contribution in [3.05, 3.63) is 12.4 Å². The van der Waals surface area contributed by atoms with Crippen LogP contribution >= 0.6 is 11.8 Å². The first-order valence-corrected chi connectivity index (χ1v) is 4.09. The van der Waals surface area contributed by atoms with Crippen LogP contribution in [0.1, 0.15) is 0 Å². The number of nitrogens with zero attached hydrogens (tertiary/aromatic N) is 2. The fourth-order valence-electron chi connectivity index (χ4n) is 0.536. The summed E-state index contributed by atoms with van der Waals surface area (Å²) in [6.45, 7) is 0. The van der Waals surface area contributed by atoms with Gasteiger partial charge >= 0.3 is 0 Å². The van der Waals surface area contributed by atoms with Gasteiger partial charge in [0.15, 0.2) is 5.16 Å². The van der Waals surface area contributed by atoms with E-state index < -0.39 is 6.04 Å². The van der Waals surface area contributed by atoms with E-state index in [2.05, 4.69) is 9.97 Å². The van der Waals surface area contributed by atoms with Crippen molar-refractivity contribution >= 4 is 11.8 Å². The Bertz CT molecular complexity index is 238. The lowest BCUT2D eigenvalue weighted by Gasteiger charge is -1.97. The van der Waals surface area contributed by atoms with Gasteiger partial charge < -0.3 is 10.7 Å². The highest BCUT2D eigenvalue weighted by atomic mass is 32.2. The first-order chi connectivity index (χ1) is 5.33. The van der Waals surface area contributed by atoms with E-state index >= 15 is 0 Å². The van der Waals surface area contributed by atoms with Gasteiger partial charge in [0.2, 0.25) is 0 Å². The lowest BCUT2D eigenvalue weighted by atomic mass is 10.4. The Balaban J connectivity index is 2.30. The fourth-order valence-corrected chi connectivity index (χ4v) is 1.23. The average Bonchev–Trinajstić information content (AvgIpc) is 2.52. The molecular weight excluding hydrogens is 160 g/mol. The molecule has 1 atom stereocenters. The second-order valence-corrected chi connectivity index (χ2v) is 2.95. The van der Waals surface area contributed by atoms with Crippen LogP contribution < -0.4 is 5.73 Å². The number of aromatic nitrogens is 2. The molecule has 1 heterocycles. The molecule has 1 rings (SSSR count). The average molecular weight is 168 g/mol. The Morgan fingerprint density at radius 1 is 1.91 bits per heavy atom. The molecule has 5 heteroatoms. The molecule has 0 aromatic carbocycles. The van der Waals surface area contributed by atoms with Crippen LogP contribution in [0.4, 0.5) is 0 Å². The minimum absolute atomic E-state index is 0.412. The molecule has 0 aliphatic rings. The highest BCUT2D eigenvalue weighted by Gasteiger charge is 2.01. The predicted octanol–water partition coefficient (Wildman–Crippen LogP) is 0.353. The van der Waals surface area contributed by atoms with E-state index in [4.69, 9.17) is 11.0 Å². The number of hydrogen-bond donors (Lipinski definition) is 2. The van der Waals surface area contributed by atoms with Crippen LogP contribution in [0.15, 0.2) is 17.6 Å². The molecule has 0 aliphatic carbocycles. The molecule has 0 bridgehead atoms. The first kappa shape index (κ1) is 8.11. The zero-order valence-electron chi connectivity index (χ0n) is 5.82. The normalized spacial score (nSPS) is 12.4. The van der Waals surface area contributed by atoms with Gasteiger partial charge in [0.05, 0.1) is 6.07 Å². The van der Waals surface area contributed by atoms with Gasteiger partial charge in [0, 0.05) is 18.1 Å². The van der Waals surface area contributed by atoms with Crippen LogP contribution in [0.2, 0.25) is 0 Å². The molecule has 1 aromatic rings. The van der Waals surface area contributed by atoms with E-state index in [-0.39, 0.29) is 0 Å². The summed E-state index contributed by atoms with van der Waals surface area (Å²) in [6.07, 6.45) is 3.40. The summed E-state index contributed by atoms with van der Waals surface area (Å²) >= 11 is 1.45. The van der Waals surface area contributed by atoms with E-state index in [1.807, 2.05) is 6.07 Å². The summed E-state index contributed by atoms with van der Waals surface area (Å²) < 4.78 is 0. The SMILES string of the molecule is N#CC(N)CSc1ncc[nH]1. The number of H-pyrrole nitrogens is 1. The third kappa shape index (κ3) is 2.62. The van der Waals surface area contributed by atoms with Crippen molar-refractivity contribution in [2.45, 2.75) is 11.2 Å². The highest BCUT2D eigenvalue weighted by molar-refractivity contribution is 7.99. The summed E-state index contributed by atoms with van der Waals surface area (Å²) in [7, 11) is 0. The maximum Gasteiger partial charge on any atom is 0.165 e. The summed E-state index contributed by atoms with van der Waals surface area (Å²) in [5, 5.41) is 9.15. The number of nitriles is 1. The molecule has 3 N–H and O–H groups in total. The highest BCUT2D eigenvalue weighted by Crippen LogP contribution is 2.11. The molecule has 0 saturated carbocycles. The molecule has 0 spiro atoms. The van der Waals surface area contributed by atoms with Crippen LogP contribution in [0.25, 0.3) is 0 Å². The van der Waals surface area contributed by atoms with E-state index in [0.29, 0.717) is 5.75 Å². The molecule has 1 unspecified atom stereocenters. The van der Waals surface area contributed by atoms with Gasteiger partial charge in [-0.25, -0.2) is 4.98 Å². The molecule has 0 amide bonds. The monoisotopic (exact) mass is 168 g/mol. The Morgan fingerprint density at radius 3 is 3.27 bits per heavy atom. The minimum Gasteiger partial charge on any atom is -0.340 e. The molecule has 0 aliphatic heterocycles. The van der Waals surface area contributed by atoms with Gasteiger partial charge in [0.25, 0.3) is 0 Å². The summed E-state index contributed by atoms with van der Waals surface area (Å²) in [6, 6.07) is 1.53. The van der Waals surface area contributed by atoms with Crippen molar-refractivity contribution in [3.63, 3.8) is 0 Å². The molecule has 0 fully saturated rings. The summed E-state index contributed by atoms with van der Waals surface area (Å²) in [5.74, 6) is 0.573. The second kappa shape index (κ2) is 4.01. The predicted molar refractivity (Wildman–Crippen MR) is 42.9 cm³/mol. The maximum absolute atomic E-state index is 8.34. The molecule has 0 saturated heterocycles. The number of imidazole rings is 1. The van der Waals surface area contributed by atoms with Crippen molar-refractivity contribution in [1.29, 1.82) is 5.26 Å². The zero-order valence-corrected chi connectivity index (χ0v) is 6.64. The lowest BCUT2D eigenvalue weighted by Crippen LogP contribution is -2.19. The van der Waals surface area contributed by atoms with Gasteiger partial charge in [-0.2, -0.15) is 5.26 Å². The lowest BCUT2D eigenvalue weighted by molar-refractivity contribution is 0.945. The van der Waals surface area contributed by atoms with E-state index in [1.54, 1.807) is 12.4 Å². The van der Waals surface area contributed by atoms with E-state index in [1.165, 1.54) is 11.8 Å². The van der Waals surface area contributed by atoms with Crippen molar-refractivity contribution in [2.75, 3.05) is 5.75 Å². The number of nitrogens with one attached hydrogen (secondary N) is 1. The number of rotatable bonds is 3.